The molecule has 2 aromatic carbocycles. The summed E-state index contributed by atoms with van der Waals surface area (Å²) < 4.78 is 1.56. The average molecular weight is 393 g/mol. The zero-order valence-corrected chi connectivity index (χ0v) is 16.4. The predicted octanol–water partition coefficient (Wildman–Crippen LogP) is 2.98. The van der Waals surface area contributed by atoms with Crippen molar-refractivity contribution in [3.63, 3.8) is 0 Å². The van der Waals surface area contributed by atoms with Gasteiger partial charge in [0.2, 0.25) is 0 Å². The van der Waals surface area contributed by atoms with Crippen LogP contribution in [-0.4, -0.2) is 57.4 Å². The Hall–Kier alpha value is -3.52. The number of carbonyl (C=O) groups is 1. The van der Waals surface area contributed by atoms with Crippen molar-refractivity contribution in [2.75, 3.05) is 27.2 Å². The molecule has 0 aliphatic rings. The molecule has 0 aliphatic carbocycles. The highest BCUT2D eigenvalue weighted by molar-refractivity contribution is 5.95. The molecule has 0 radical (unpaired) electrons. The van der Waals surface area contributed by atoms with Crippen LogP contribution in [0.25, 0.3) is 5.69 Å². The molecular formula is C21H23N5O3. The highest BCUT2D eigenvalue weighted by atomic mass is 16.6. The molecule has 8 nitrogen and oxygen atoms in total. The number of likely N-dealkylation sites (N-methyl/N-ethyl adjacent to an activating group) is 1. The van der Waals surface area contributed by atoms with E-state index in [1.165, 1.54) is 12.4 Å². The van der Waals surface area contributed by atoms with Gasteiger partial charge in [-0.05, 0) is 31.8 Å². The highest BCUT2D eigenvalue weighted by Gasteiger charge is 2.22. The van der Waals surface area contributed by atoms with Crippen molar-refractivity contribution in [3.05, 3.63) is 88.5 Å². The molecule has 0 atom stereocenters. The van der Waals surface area contributed by atoms with Gasteiger partial charge >= 0.3 is 0 Å². The second-order valence-corrected chi connectivity index (χ2v) is 6.95. The van der Waals surface area contributed by atoms with Gasteiger partial charge in [0, 0.05) is 43.7 Å². The summed E-state index contributed by atoms with van der Waals surface area (Å²) in [5, 5.41) is 11.6. The van der Waals surface area contributed by atoms with Crippen LogP contribution in [0.5, 0.6) is 0 Å². The Morgan fingerprint density at radius 3 is 2.52 bits per heavy atom. The Balaban J connectivity index is 1.91. The number of nitro groups is 1. The van der Waals surface area contributed by atoms with Crippen molar-refractivity contribution in [1.29, 1.82) is 0 Å². The van der Waals surface area contributed by atoms with Crippen molar-refractivity contribution in [2.24, 2.45) is 0 Å². The minimum absolute atomic E-state index is 0.138. The molecule has 8 heteroatoms. The van der Waals surface area contributed by atoms with Crippen LogP contribution in [0.2, 0.25) is 0 Å². The maximum Gasteiger partial charge on any atom is 0.294 e. The van der Waals surface area contributed by atoms with Gasteiger partial charge in [0.25, 0.3) is 11.6 Å². The van der Waals surface area contributed by atoms with E-state index < -0.39 is 4.92 Å². The number of nitrogens with zero attached hydrogens (tertiary/aromatic N) is 5. The first-order valence-corrected chi connectivity index (χ1v) is 9.20. The van der Waals surface area contributed by atoms with Crippen molar-refractivity contribution >= 4 is 11.6 Å². The van der Waals surface area contributed by atoms with E-state index in [4.69, 9.17) is 0 Å². The van der Waals surface area contributed by atoms with Gasteiger partial charge in [0.1, 0.15) is 5.69 Å². The smallest absolute Gasteiger partial charge is 0.294 e. The van der Waals surface area contributed by atoms with Crippen molar-refractivity contribution in [2.45, 2.75) is 6.54 Å². The lowest BCUT2D eigenvalue weighted by Crippen LogP contribution is -2.36. The first-order chi connectivity index (χ1) is 14.0. The van der Waals surface area contributed by atoms with Crippen LogP contribution in [-0.2, 0) is 6.54 Å². The number of hydrogen-bond donors (Lipinski definition) is 0. The molecule has 0 spiro atoms. The Morgan fingerprint density at radius 1 is 1.14 bits per heavy atom. The van der Waals surface area contributed by atoms with E-state index in [2.05, 4.69) is 4.98 Å². The van der Waals surface area contributed by atoms with Gasteiger partial charge in [-0.25, -0.2) is 4.98 Å². The van der Waals surface area contributed by atoms with Crippen LogP contribution >= 0.6 is 0 Å². The van der Waals surface area contributed by atoms with Crippen LogP contribution < -0.4 is 0 Å². The van der Waals surface area contributed by atoms with Crippen LogP contribution in [0, 0.1) is 10.1 Å². The first-order valence-electron chi connectivity index (χ1n) is 9.20. The Kier molecular flexibility index (Phi) is 6.36. The molecule has 1 aromatic heterocycles. The quantitative estimate of drug-likeness (QED) is 0.434. The zero-order valence-electron chi connectivity index (χ0n) is 16.4. The van der Waals surface area contributed by atoms with E-state index in [0.29, 0.717) is 25.3 Å². The lowest BCUT2D eigenvalue weighted by atomic mass is 10.1. The molecule has 0 saturated carbocycles. The molecule has 0 unspecified atom stereocenters. The van der Waals surface area contributed by atoms with Crippen LogP contribution in [0.3, 0.4) is 0 Å². The molecule has 0 fully saturated rings. The van der Waals surface area contributed by atoms with Gasteiger partial charge in [-0.3, -0.25) is 14.9 Å². The number of rotatable bonds is 8. The summed E-state index contributed by atoms with van der Waals surface area (Å²) in [4.78, 5) is 32.0. The molecular weight excluding hydrogens is 370 g/mol. The standard InChI is InChI=1S/C21H23N5O3/c1-23(2)12-13-24(15-17-6-4-3-5-7-17)21(27)18-8-9-19(20(14-18)26(28)29)25-11-10-22-16-25/h3-11,14,16H,12-13,15H2,1-2H3. The van der Waals surface area contributed by atoms with Crippen LogP contribution in [0.4, 0.5) is 5.69 Å². The maximum absolute atomic E-state index is 13.2. The molecule has 3 aromatic rings. The Morgan fingerprint density at radius 2 is 1.90 bits per heavy atom. The summed E-state index contributed by atoms with van der Waals surface area (Å²) in [6, 6.07) is 14.2. The first kappa shape index (κ1) is 20.2. The van der Waals surface area contributed by atoms with E-state index in [1.54, 1.807) is 34.0 Å². The summed E-state index contributed by atoms with van der Waals surface area (Å²) in [7, 11) is 3.88. The largest absolute Gasteiger partial charge is 0.333 e. The lowest BCUT2D eigenvalue weighted by Gasteiger charge is -2.25. The van der Waals surface area contributed by atoms with E-state index in [-0.39, 0.29) is 17.2 Å². The van der Waals surface area contributed by atoms with Gasteiger partial charge in [0.15, 0.2) is 0 Å². The fourth-order valence-corrected chi connectivity index (χ4v) is 2.98. The van der Waals surface area contributed by atoms with Gasteiger partial charge < -0.3 is 14.4 Å². The second-order valence-electron chi connectivity index (χ2n) is 6.95. The van der Waals surface area contributed by atoms with Gasteiger partial charge in [-0.15, -0.1) is 0 Å². The SMILES string of the molecule is CN(C)CCN(Cc1ccccc1)C(=O)c1ccc(-n2ccnc2)c([N+](=O)[O-])c1. The Labute approximate surface area is 169 Å². The second kappa shape index (κ2) is 9.11. The van der Waals surface area contributed by atoms with Crippen molar-refractivity contribution < 1.29 is 9.72 Å². The number of amides is 1. The number of hydrogen-bond acceptors (Lipinski definition) is 5. The molecule has 0 aliphatic heterocycles. The fourth-order valence-electron chi connectivity index (χ4n) is 2.98. The summed E-state index contributed by atoms with van der Waals surface area (Å²) >= 11 is 0. The van der Waals surface area contributed by atoms with Gasteiger partial charge in [-0.2, -0.15) is 0 Å². The summed E-state index contributed by atoms with van der Waals surface area (Å²) in [5.41, 5.74) is 1.52. The fraction of sp³-hybridized carbons (Fsp3) is 0.238. The van der Waals surface area contributed by atoms with Crippen LogP contribution in [0.1, 0.15) is 15.9 Å². The molecule has 0 N–H and O–H groups in total. The van der Waals surface area contributed by atoms with Crippen molar-refractivity contribution in [3.8, 4) is 5.69 Å². The van der Waals surface area contributed by atoms with E-state index in [9.17, 15) is 14.9 Å². The highest BCUT2D eigenvalue weighted by Crippen LogP contribution is 2.25. The maximum atomic E-state index is 13.2. The monoisotopic (exact) mass is 393 g/mol. The third-order valence-corrected chi connectivity index (χ3v) is 4.52. The third-order valence-electron chi connectivity index (χ3n) is 4.52. The summed E-state index contributed by atoms with van der Waals surface area (Å²) in [6.45, 7) is 1.64. The molecule has 1 amide bonds. The number of imidazole rings is 1. The number of carbonyl (C=O) groups excluding carboxylic acids is 1. The lowest BCUT2D eigenvalue weighted by molar-refractivity contribution is -0.384. The summed E-state index contributed by atoms with van der Waals surface area (Å²) in [6.07, 6.45) is 4.66. The van der Waals surface area contributed by atoms with E-state index in [1.807, 2.05) is 49.3 Å². The van der Waals surface area contributed by atoms with Gasteiger partial charge in [-0.1, -0.05) is 30.3 Å². The Bertz CT molecular complexity index is 971. The van der Waals surface area contributed by atoms with E-state index in [0.717, 1.165) is 5.56 Å². The molecule has 29 heavy (non-hydrogen) atoms. The minimum Gasteiger partial charge on any atom is -0.333 e. The minimum atomic E-state index is -0.479. The topological polar surface area (TPSA) is 84.5 Å². The van der Waals surface area contributed by atoms with E-state index >= 15 is 0 Å². The zero-order chi connectivity index (χ0) is 20.8. The predicted molar refractivity (Wildman–Crippen MR) is 110 cm³/mol. The number of aromatic nitrogens is 2. The molecule has 1 heterocycles. The molecule has 0 bridgehead atoms. The van der Waals surface area contributed by atoms with Crippen molar-refractivity contribution in [1.82, 2.24) is 19.4 Å². The molecule has 150 valence electrons. The average Bonchev–Trinajstić information content (AvgIpc) is 3.25. The normalized spacial score (nSPS) is 10.9. The third kappa shape index (κ3) is 5.05. The molecule has 3 rings (SSSR count). The number of benzene rings is 2. The molecule has 0 saturated heterocycles. The number of nitro benzene ring substituents is 1. The van der Waals surface area contributed by atoms with Gasteiger partial charge in [0.05, 0.1) is 11.3 Å². The van der Waals surface area contributed by atoms with Crippen LogP contribution in [0.15, 0.2) is 67.3 Å². The summed E-state index contributed by atoms with van der Waals surface area (Å²) in [5.74, 6) is -0.240.